The van der Waals surface area contributed by atoms with Crippen LogP contribution in [-0.4, -0.2) is 15.6 Å². The molecule has 0 atom stereocenters. The van der Waals surface area contributed by atoms with Crippen LogP contribution >= 0.6 is 0 Å². The van der Waals surface area contributed by atoms with E-state index < -0.39 is 0 Å². The number of nitrogens with zero attached hydrogens (tertiary/aromatic N) is 2. The Morgan fingerprint density at radius 1 is 1.62 bits per heavy atom. The van der Waals surface area contributed by atoms with Crippen molar-refractivity contribution < 1.29 is 4.79 Å². The molecule has 2 rings (SSSR count). The van der Waals surface area contributed by atoms with Crippen LogP contribution in [0.25, 0.3) is 0 Å². The van der Waals surface area contributed by atoms with Gasteiger partial charge >= 0.3 is 0 Å². The number of fused-ring (bicyclic) bond motifs is 1. The molecule has 0 aromatic carbocycles. The molecule has 1 aromatic heterocycles. The van der Waals surface area contributed by atoms with Crippen molar-refractivity contribution in [2.24, 2.45) is 0 Å². The van der Waals surface area contributed by atoms with Gasteiger partial charge in [-0.2, -0.15) is 5.10 Å². The molecule has 0 saturated carbocycles. The van der Waals surface area contributed by atoms with Gasteiger partial charge in [-0.05, 0) is 19.3 Å². The number of hydrogen-bond donors (Lipinski definition) is 0. The quantitative estimate of drug-likeness (QED) is 0.647. The number of carbonyl (C=O) groups is 1. The molecule has 0 unspecified atom stereocenters. The van der Waals surface area contributed by atoms with E-state index in [4.69, 9.17) is 0 Å². The predicted octanol–water partition coefficient (Wildman–Crippen LogP) is 1.81. The first kappa shape index (κ1) is 8.48. The lowest BCUT2D eigenvalue weighted by atomic mass is 10.0. The molecule has 1 aromatic rings. The lowest BCUT2D eigenvalue weighted by Crippen LogP contribution is -2.13. The third-order valence-electron chi connectivity index (χ3n) is 2.60. The minimum atomic E-state index is 0.225. The van der Waals surface area contributed by atoms with Crippen LogP contribution in [0.2, 0.25) is 0 Å². The standard InChI is InChI=1S/C10H14N2O/c1-2-10(13)8-7-11-12-6-4-3-5-9(8)12/h7H,2-6H2,1H3. The number of aromatic nitrogens is 2. The van der Waals surface area contributed by atoms with Crippen molar-refractivity contribution in [1.29, 1.82) is 0 Å². The molecule has 0 bridgehead atoms. The molecule has 0 radical (unpaired) electrons. The van der Waals surface area contributed by atoms with E-state index >= 15 is 0 Å². The highest BCUT2D eigenvalue weighted by molar-refractivity contribution is 5.96. The summed E-state index contributed by atoms with van der Waals surface area (Å²) in [6.07, 6.45) is 5.70. The monoisotopic (exact) mass is 178 g/mol. The van der Waals surface area contributed by atoms with Gasteiger partial charge < -0.3 is 0 Å². The smallest absolute Gasteiger partial charge is 0.166 e. The van der Waals surface area contributed by atoms with Crippen molar-refractivity contribution in [3.05, 3.63) is 17.5 Å². The van der Waals surface area contributed by atoms with Gasteiger partial charge in [0.05, 0.1) is 11.8 Å². The van der Waals surface area contributed by atoms with Crippen molar-refractivity contribution in [2.75, 3.05) is 0 Å². The first-order valence-corrected chi connectivity index (χ1v) is 4.91. The number of hydrogen-bond acceptors (Lipinski definition) is 2. The Bertz CT molecular complexity index is 328. The summed E-state index contributed by atoms with van der Waals surface area (Å²) in [6.45, 7) is 2.88. The van der Waals surface area contributed by atoms with Crippen LogP contribution in [0.15, 0.2) is 6.20 Å². The Hall–Kier alpha value is -1.12. The molecular weight excluding hydrogens is 164 g/mol. The maximum atomic E-state index is 11.5. The van der Waals surface area contributed by atoms with Crippen LogP contribution in [0.5, 0.6) is 0 Å². The Kier molecular flexibility index (Phi) is 2.17. The average molecular weight is 178 g/mol. The van der Waals surface area contributed by atoms with Crippen LogP contribution in [0.3, 0.4) is 0 Å². The van der Waals surface area contributed by atoms with E-state index in [2.05, 4.69) is 5.10 Å². The van der Waals surface area contributed by atoms with Crippen LogP contribution in [0.1, 0.15) is 42.2 Å². The zero-order valence-corrected chi connectivity index (χ0v) is 7.92. The highest BCUT2D eigenvalue weighted by Crippen LogP contribution is 2.18. The van der Waals surface area contributed by atoms with Gasteiger partial charge in [0.15, 0.2) is 5.78 Å². The second-order valence-corrected chi connectivity index (χ2v) is 3.46. The molecule has 2 heterocycles. The summed E-state index contributed by atoms with van der Waals surface area (Å²) in [7, 11) is 0. The molecule has 0 N–H and O–H groups in total. The number of aryl methyl sites for hydroxylation is 1. The second kappa shape index (κ2) is 3.32. The number of carbonyl (C=O) groups excluding carboxylic acids is 1. The van der Waals surface area contributed by atoms with E-state index in [0.717, 1.165) is 24.2 Å². The molecule has 1 aliphatic rings. The van der Waals surface area contributed by atoms with Gasteiger partial charge in [0.1, 0.15) is 0 Å². The summed E-state index contributed by atoms with van der Waals surface area (Å²) in [6, 6.07) is 0. The topological polar surface area (TPSA) is 34.9 Å². The Labute approximate surface area is 77.7 Å². The largest absolute Gasteiger partial charge is 0.294 e. The van der Waals surface area contributed by atoms with Crippen LogP contribution in [0, 0.1) is 0 Å². The number of ketones is 1. The molecule has 3 nitrogen and oxygen atoms in total. The third-order valence-corrected chi connectivity index (χ3v) is 2.60. The van der Waals surface area contributed by atoms with Gasteiger partial charge in [-0.25, -0.2) is 0 Å². The van der Waals surface area contributed by atoms with Gasteiger partial charge in [-0.15, -0.1) is 0 Å². The molecule has 0 amide bonds. The van der Waals surface area contributed by atoms with E-state index in [-0.39, 0.29) is 5.78 Å². The van der Waals surface area contributed by atoms with E-state index in [0.29, 0.717) is 6.42 Å². The van der Waals surface area contributed by atoms with E-state index in [1.165, 1.54) is 12.8 Å². The molecule has 70 valence electrons. The SMILES string of the molecule is CCC(=O)c1cnn2c1CCCC2. The lowest BCUT2D eigenvalue weighted by Gasteiger charge is -2.13. The van der Waals surface area contributed by atoms with Gasteiger partial charge in [0, 0.05) is 18.7 Å². The highest BCUT2D eigenvalue weighted by atomic mass is 16.1. The minimum absolute atomic E-state index is 0.225. The molecule has 1 aliphatic heterocycles. The van der Waals surface area contributed by atoms with Gasteiger partial charge in [-0.1, -0.05) is 6.92 Å². The molecule has 0 fully saturated rings. The third kappa shape index (κ3) is 1.39. The predicted molar refractivity (Wildman–Crippen MR) is 49.8 cm³/mol. The zero-order valence-electron chi connectivity index (χ0n) is 7.92. The molecule has 13 heavy (non-hydrogen) atoms. The Morgan fingerprint density at radius 2 is 2.46 bits per heavy atom. The summed E-state index contributed by atoms with van der Waals surface area (Å²) in [5, 5.41) is 4.22. The van der Waals surface area contributed by atoms with Crippen LogP contribution in [0.4, 0.5) is 0 Å². The van der Waals surface area contributed by atoms with Crippen molar-refractivity contribution in [3.8, 4) is 0 Å². The minimum Gasteiger partial charge on any atom is -0.294 e. The maximum absolute atomic E-state index is 11.5. The number of Topliss-reactive ketones (excluding diaryl/α,β-unsaturated/α-hetero) is 1. The lowest BCUT2D eigenvalue weighted by molar-refractivity contribution is 0.0987. The van der Waals surface area contributed by atoms with Crippen LogP contribution in [-0.2, 0) is 13.0 Å². The molecule has 3 heteroatoms. The molecule has 0 spiro atoms. The van der Waals surface area contributed by atoms with E-state index in [9.17, 15) is 4.79 Å². The van der Waals surface area contributed by atoms with Crippen molar-refractivity contribution in [1.82, 2.24) is 9.78 Å². The molecular formula is C10H14N2O. The fourth-order valence-electron chi connectivity index (χ4n) is 1.84. The van der Waals surface area contributed by atoms with Crippen molar-refractivity contribution in [3.63, 3.8) is 0 Å². The average Bonchev–Trinajstić information content (AvgIpc) is 2.60. The van der Waals surface area contributed by atoms with Crippen LogP contribution < -0.4 is 0 Å². The Morgan fingerprint density at radius 3 is 3.23 bits per heavy atom. The van der Waals surface area contributed by atoms with Gasteiger partial charge in [-0.3, -0.25) is 9.48 Å². The second-order valence-electron chi connectivity index (χ2n) is 3.46. The summed E-state index contributed by atoms with van der Waals surface area (Å²) >= 11 is 0. The first-order chi connectivity index (χ1) is 6.33. The highest BCUT2D eigenvalue weighted by Gasteiger charge is 2.17. The van der Waals surface area contributed by atoms with Gasteiger partial charge in [0.25, 0.3) is 0 Å². The first-order valence-electron chi connectivity index (χ1n) is 4.91. The van der Waals surface area contributed by atoms with Gasteiger partial charge in [0.2, 0.25) is 0 Å². The fourth-order valence-corrected chi connectivity index (χ4v) is 1.84. The fraction of sp³-hybridized carbons (Fsp3) is 0.600. The number of rotatable bonds is 2. The van der Waals surface area contributed by atoms with E-state index in [1.54, 1.807) is 6.20 Å². The normalized spacial score (nSPS) is 15.5. The van der Waals surface area contributed by atoms with Crippen molar-refractivity contribution >= 4 is 5.78 Å². The van der Waals surface area contributed by atoms with Crippen molar-refractivity contribution in [2.45, 2.75) is 39.2 Å². The summed E-state index contributed by atoms with van der Waals surface area (Å²) in [4.78, 5) is 11.5. The Balaban J connectivity index is 2.36. The maximum Gasteiger partial charge on any atom is 0.166 e. The molecule has 0 aliphatic carbocycles. The summed E-state index contributed by atoms with van der Waals surface area (Å²) in [5.74, 6) is 0.225. The molecule has 0 saturated heterocycles. The summed E-state index contributed by atoms with van der Waals surface area (Å²) < 4.78 is 1.98. The van der Waals surface area contributed by atoms with E-state index in [1.807, 2.05) is 11.6 Å². The summed E-state index contributed by atoms with van der Waals surface area (Å²) in [5.41, 5.74) is 2.00. The zero-order chi connectivity index (χ0) is 9.26.